The summed E-state index contributed by atoms with van der Waals surface area (Å²) in [6, 6.07) is 8.69. The maximum atomic E-state index is 11.2. The van der Waals surface area contributed by atoms with Gasteiger partial charge in [-0.2, -0.15) is 0 Å². The van der Waals surface area contributed by atoms with Crippen molar-refractivity contribution in [3.05, 3.63) is 46.0 Å². The molecule has 0 amide bonds. The molecule has 0 aliphatic heterocycles. The van der Waals surface area contributed by atoms with Crippen LogP contribution in [0.25, 0.3) is 21.7 Å². The van der Waals surface area contributed by atoms with E-state index in [1.165, 1.54) is 0 Å². The van der Waals surface area contributed by atoms with Gasteiger partial charge in [-0.15, -0.1) is 0 Å². The van der Waals surface area contributed by atoms with E-state index in [1.807, 2.05) is 0 Å². The van der Waals surface area contributed by atoms with Crippen molar-refractivity contribution in [1.82, 2.24) is 5.16 Å². The van der Waals surface area contributed by atoms with Gasteiger partial charge in [0.15, 0.2) is 0 Å². The fraction of sp³-hybridized carbons (Fsp3) is 0. The van der Waals surface area contributed by atoms with Gasteiger partial charge in [0.05, 0.1) is 0 Å². The minimum Gasteiger partial charge on any atom is -0.359 e. The Bertz CT molecular complexity index is 515. The third-order valence-electron chi connectivity index (χ3n) is 1.78. The van der Waals surface area contributed by atoms with Crippen molar-refractivity contribution in [3.63, 3.8) is 0 Å². The van der Waals surface area contributed by atoms with Gasteiger partial charge in [-0.1, -0.05) is 30.3 Å². The van der Waals surface area contributed by atoms with Crippen molar-refractivity contribution in [1.29, 1.82) is 0 Å². The monoisotopic (exact) mass is 203 g/mol. The molecule has 0 saturated heterocycles. The topological polar surface area (TPSA) is 102 Å². The maximum absolute atomic E-state index is 11.2. The van der Waals surface area contributed by atoms with Crippen molar-refractivity contribution >= 4 is 5.82 Å². The van der Waals surface area contributed by atoms with E-state index in [0.29, 0.717) is 5.56 Å². The summed E-state index contributed by atoms with van der Waals surface area (Å²) in [4.78, 5) is 2.76. The lowest BCUT2D eigenvalue weighted by Crippen LogP contribution is -2.24. The summed E-state index contributed by atoms with van der Waals surface area (Å²) < 4.78 is 4.35. The molecule has 0 aliphatic carbocycles. The molecule has 74 valence electrons. The van der Waals surface area contributed by atoms with Crippen LogP contribution in [0, 0.1) is 5.21 Å². The van der Waals surface area contributed by atoms with Crippen molar-refractivity contribution in [2.45, 2.75) is 0 Å². The van der Waals surface area contributed by atoms with Crippen LogP contribution in [0.5, 0.6) is 0 Å². The smallest absolute Gasteiger partial charge is 0.312 e. The molecule has 0 bridgehead atoms. The first-order valence-corrected chi connectivity index (χ1v) is 4.03. The summed E-state index contributed by atoms with van der Waals surface area (Å²) in [7, 11) is 0. The highest BCUT2D eigenvalue weighted by Crippen LogP contribution is 2.24. The van der Waals surface area contributed by atoms with E-state index in [-0.39, 0.29) is 16.4 Å². The van der Waals surface area contributed by atoms with Gasteiger partial charge < -0.3 is 5.21 Å². The van der Waals surface area contributed by atoms with E-state index in [9.17, 15) is 5.21 Å². The highest BCUT2D eigenvalue weighted by molar-refractivity contribution is 5.65. The van der Waals surface area contributed by atoms with Crippen molar-refractivity contribution in [3.8, 4) is 11.3 Å². The van der Waals surface area contributed by atoms with Gasteiger partial charge >= 0.3 is 5.82 Å². The molecule has 2 aromatic rings. The Morgan fingerprint density at radius 3 is 2.80 bits per heavy atom. The normalized spacial score (nSPS) is 9.60. The summed E-state index contributed by atoms with van der Waals surface area (Å²) in [5.41, 5.74) is 8.95. The van der Waals surface area contributed by atoms with Crippen molar-refractivity contribution < 1.29 is 9.53 Å². The molecule has 0 unspecified atom stereocenters. The Morgan fingerprint density at radius 1 is 1.40 bits per heavy atom. The molecule has 1 aromatic heterocycles. The van der Waals surface area contributed by atoms with Crippen LogP contribution in [0.4, 0.5) is 5.82 Å². The molecule has 2 rings (SSSR count). The molecular formula is C8H5N5O2. The minimum atomic E-state index is -0.0706. The zero-order chi connectivity index (χ0) is 10.7. The molecule has 0 aliphatic rings. The summed E-state index contributed by atoms with van der Waals surface area (Å²) in [5, 5.41) is 17.8. The molecule has 0 N–H and O–H groups in total. The molecular weight excluding hydrogens is 198 g/mol. The number of nitrogens with zero attached hydrogens (tertiary/aromatic N) is 5. The molecule has 0 spiro atoms. The third kappa shape index (κ3) is 1.59. The van der Waals surface area contributed by atoms with Crippen LogP contribution in [0.3, 0.4) is 0 Å². The van der Waals surface area contributed by atoms with Crippen LogP contribution in [-0.2, 0) is 0 Å². The van der Waals surface area contributed by atoms with Gasteiger partial charge in [-0.25, -0.2) is 0 Å². The van der Waals surface area contributed by atoms with Crippen molar-refractivity contribution in [2.75, 3.05) is 0 Å². The quantitative estimate of drug-likeness (QED) is 0.322. The van der Waals surface area contributed by atoms with Crippen LogP contribution in [0.1, 0.15) is 0 Å². The fourth-order valence-electron chi connectivity index (χ4n) is 1.18. The first-order chi connectivity index (χ1) is 7.33. The summed E-state index contributed by atoms with van der Waals surface area (Å²) in [6.07, 6.45) is 0. The molecule has 7 nitrogen and oxygen atoms in total. The lowest BCUT2D eigenvalue weighted by Gasteiger charge is -1.95. The van der Waals surface area contributed by atoms with E-state index in [4.69, 9.17) is 5.53 Å². The summed E-state index contributed by atoms with van der Waals surface area (Å²) >= 11 is 0. The molecule has 1 heterocycles. The van der Waals surface area contributed by atoms with Gasteiger partial charge in [-0.3, -0.25) is 4.63 Å². The molecule has 15 heavy (non-hydrogen) atoms. The maximum Gasteiger partial charge on any atom is 0.312 e. The van der Waals surface area contributed by atoms with Gasteiger partial charge in [0.25, 0.3) is 0 Å². The molecule has 0 fully saturated rings. The largest absolute Gasteiger partial charge is 0.359 e. The number of benzene rings is 1. The van der Waals surface area contributed by atoms with Gasteiger partial charge in [0, 0.05) is 15.6 Å². The second-order valence-electron chi connectivity index (χ2n) is 2.66. The Morgan fingerprint density at radius 2 is 2.13 bits per heavy atom. The average Bonchev–Trinajstić information content (AvgIpc) is 2.62. The standard InChI is InChI=1S/C8H5N5O2/c9-12-10-8-7(13(14)15-11-8)6-4-2-1-3-5-6/h1-5H. The zero-order valence-electron chi connectivity index (χ0n) is 7.44. The number of hydrogen-bond donors (Lipinski definition) is 0. The first kappa shape index (κ1) is 9.04. The Labute approximate surface area is 83.7 Å². The molecule has 0 atom stereocenters. The Kier molecular flexibility index (Phi) is 2.22. The number of rotatable bonds is 2. The minimum absolute atomic E-state index is 0.0706. The highest BCUT2D eigenvalue weighted by atomic mass is 16.8. The van der Waals surface area contributed by atoms with E-state index >= 15 is 0 Å². The first-order valence-electron chi connectivity index (χ1n) is 4.03. The van der Waals surface area contributed by atoms with Crippen LogP contribution in [-0.4, -0.2) is 5.16 Å². The predicted octanol–water partition coefficient (Wildman–Crippen LogP) is 1.92. The lowest BCUT2D eigenvalue weighted by atomic mass is 10.1. The van der Waals surface area contributed by atoms with E-state index in [2.05, 4.69) is 19.8 Å². The van der Waals surface area contributed by atoms with Gasteiger partial charge in [0.1, 0.15) is 0 Å². The van der Waals surface area contributed by atoms with Crippen LogP contribution in [0.15, 0.2) is 40.1 Å². The number of aromatic nitrogens is 2. The summed E-state index contributed by atoms with van der Waals surface area (Å²) in [5.74, 6) is -0.0706. The van der Waals surface area contributed by atoms with Crippen LogP contribution in [0.2, 0.25) is 0 Å². The highest BCUT2D eigenvalue weighted by Gasteiger charge is 2.18. The SMILES string of the molecule is [N-]=[N+]=Nc1no[n+]([O-])c1-c1ccccc1. The second-order valence-corrected chi connectivity index (χ2v) is 2.66. The predicted molar refractivity (Wildman–Crippen MR) is 49.7 cm³/mol. The van der Waals surface area contributed by atoms with Gasteiger partial charge in [-0.05, 0) is 15.5 Å². The molecule has 0 radical (unpaired) electrons. The van der Waals surface area contributed by atoms with Gasteiger partial charge in [0.2, 0.25) is 5.69 Å². The second kappa shape index (κ2) is 3.69. The zero-order valence-corrected chi connectivity index (χ0v) is 7.44. The van der Waals surface area contributed by atoms with E-state index < -0.39 is 0 Å². The molecule has 1 aromatic carbocycles. The molecule has 0 saturated carbocycles. The Balaban J connectivity index is 2.61. The van der Waals surface area contributed by atoms with Crippen molar-refractivity contribution in [2.24, 2.45) is 5.11 Å². The third-order valence-corrected chi connectivity index (χ3v) is 1.78. The number of azide groups is 1. The van der Waals surface area contributed by atoms with E-state index in [0.717, 1.165) is 0 Å². The van der Waals surface area contributed by atoms with Crippen LogP contribution >= 0.6 is 0 Å². The van der Waals surface area contributed by atoms with Crippen LogP contribution < -0.4 is 4.90 Å². The Hall–Kier alpha value is -2.53. The number of hydrogen-bond acceptors (Lipinski definition) is 4. The van der Waals surface area contributed by atoms with E-state index in [1.54, 1.807) is 30.3 Å². The summed E-state index contributed by atoms with van der Waals surface area (Å²) in [6.45, 7) is 0. The molecule has 7 heteroatoms. The lowest BCUT2D eigenvalue weighted by molar-refractivity contribution is -0.793. The average molecular weight is 203 g/mol. The fourth-order valence-corrected chi connectivity index (χ4v) is 1.18.